The highest BCUT2D eigenvalue weighted by Crippen LogP contribution is 2.03. The number of halogens is 1. The first-order chi connectivity index (χ1) is 10.2. The second-order valence-electron chi connectivity index (χ2n) is 4.37. The van der Waals surface area contributed by atoms with Gasteiger partial charge in [-0.1, -0.05) is 24.2 Å². The molecule has 0 atom stereocenters. The van der Waals surface area contributed by atoms with E-state index in [1.165, 1.54) is 12.1 Å². The highest BCUT2D eigenvalue weighted by atomic mass is 19.1. The number of amides is 1. The summed E-state index contributed by atoms with van der Waals surface area (Å²) in [5.41, 5.74) is 0.778. The van der Waals surface area contributed by atoms with Crippen LogP contribution in [0.3, 0.4) is 0 Å². The Morgan fingerprint density at radius 2 is 2.14 bits per heavy atom. The first-order valence-corrected chi connectivity index (χ1v) is 6.62. The summed E-state index contributed by atoms with van der Waals surface area (Å²) in [7, 11) is 0. The molecule has 7 heteroatoms. The molecule has 0 saturated carbocycles. The maximum absolute atomic E-state index is 12.7. The molecule has 0 unspecified atom stereocenters. The number of nitrogens with zero attached hydrogens (tertiary/aromatic N) is 2. The van der Waals surface area contributed by atoms with E-state index in [2.05, 4.69) is 15.5 Å². The molecule has 112 valence electrons. The summed E-state index contributed by atoms with van der Waals surface area (Å²) in [5, 5.41) is 6.21. The van der Waals surface area contributed by atoms with Crippen LogP contribution in [0.25, 0.3) is 0 Å². The number of ether oxygens (including phenoxy) is 1. The van der Waals surface area contributed by atoms with Gasteiger partial charge < -0.3 is 14.6 Å². The van der Waals surface area contributed by atoms with Gasteiger partial charge in [0.25, 0.3) is 17.6 Å². The molecule has 21 heavy (non-hydrogen) atoms. The molecule has 0 bridgehead atoms. The summed E-state index contributed by atoms with van der Waals surface area (Å²) in [6.45, 7) is 3.03. The van der Waals surface area contributed by atoms with Crippen LogP contribution in [0.15, 0.2) is 28.8 Å². The van der Waals surface area contributed by atoms with E-state index in [9.17, 15) is 9.18 Å². The smallest absolute Gasteiger partial charge is 0.292 e. The Hall–Kier alpha value is -2.28. The van der Waals surface area contributed by atoms with Crippen molar-refractivity contribution in [1.82, 2.24) is 15.5 Å². The summed E-state index contributed by atoms with van der Waals surface area (Å²) in [4.78, 5) is 15.8. The van der Waals surface area contributed by atoms with Crippen LogP contribution in [0, 0.1) is 5.82 Å². The summed E-state index contributed by atoms with van der Waals surface area (Å²) in [6, 6.07) is 5.85. The lowest BCUT2D eigenvalue weighted by atomic mass is 10.2. The Kier molecular flexibility index (Phi) is 5.39. The SMILES string of the molecule is CCCOCc1nc(C(=O)NCc2ccc(F)cc2)no1. The maximum Gasteiger partial charge on any atom is 0.292 e. The van der Waals surface area contributed by atoms with Crippen LogP contribution in [0.5, 0.6) is 0 Å². The van der Waals surface area contributed by atoms with E-state index in [-0.39, 0.29) is 30.7 Å². The van der Waals surface area contributed by atoms with Crippen molar-refractivity contribution in [2.24, 2.45) is 0 Å². The fourth-order valence-electron chi connectivity index (χ4n) is 1.57. The van der Waals surface area contributed by atoms with Crippen molar-refractivity contribution in [2.45, 2.75) is 26.5 Å². The molecule has 0 fully saturated rings. The zero-order valence-corrected chi connectivity index (χ0v) is 11.6. The molecular formula is C14H16FN3O3. The van der Waals surface area contributed by atoms with Gasteiger partial charge in [0.2, 0.25) is 0 Å². The number of carbonyl (C=O) groups is 1. The third-order valence-electron chi connectivity index (χ3n) is 2.61. The minimum Gasteiger partial charge on any atom is -0.372 e. The average molecular weight is 293 g/mol. The van der Waals surface area contributed by atoms with Crippen LogP contribution < -0.4 is 5.32 Å². The molecule has 0 radical (unpaired) electrons. The van der Waals surface area contributed by atoms with E-state index in [1.54, 1.807) is 12.1 Å². The van der Waals surface area contributed by atoms with Crippen molar-refractivity contribution in [3.05, 3.63) is 47.4 Å². The van der Waals surface area contributed by atoms with Crippen molar-refractivity contribution in [3.8, 4) is 0 Å². The van der Waals surface area contributed by atoms with Gasteiger partial charge in [-0.2, -0.15) is 4.98 Å². The molecule has 2 aromatic rings. The highest BCUT2D eigenvalue weighted by molar-refractivity contribution is 5.90. The Morgan fingerprint density at radius 1 is 1.38 bits per heavy atom. The quantitative estimate of drug-likeness (QED) is 0.791. The van der Waals surface area contributed by atoms with Gasteiger partial charge >= 0.3 is 0 Å². The Labute approximate surface area is 121 Å². The molecule has 0 aliphatic carbocycles. The van der Waals surface area contributed by atoms with E-state index in [0.717, 1.165) is 12.0 Å². The Morgan fingerprint density at radius 3 is 2.86 bits per heavy atom. The molecule has 0 spiro atoms. The molecular weight excluding hydrogens is 277 g/mol. The molecule has 1 N–H and O–H groups in total. The average Bonchev–Trinajstić information content (AvgIpc) is 2.96. The minimum atomic E-state index is -0.454. The second kappa shape index (κ2) is 7.49. The molecule has 0 aliphatic rings. The molecule has 1 amide bonds. The normalized spacial score (nSPS) is 10.6. The van der Waals surface area contributed by atoms with Crippen molar-refractivity contribution in [2.75, 3.05) is 6.61 Å². The largest absolute Gasteiger partial charge is 0.372 e. The zero-order chi connectivity index (χ0) is 15.1. The van der Waals surface area contributed by atoms with Crippen LogP contribution in [0.1, 0.15) is 35.4 Å². The van der Waals surface area contributed by atoms with E-state index in [1.807, 2.05) is 6.92 Å². The number of rotatable bonds is 7. The molecule has 1 aromatic heterocycles. The summed E-state index contributed by atoms with van der Waals surface area (Å²) >= 11 is 0. The molecule has 0 saturated heterocycles. The first kappa shape index (κ1) is 15.1. The second-order valence-corrected chi connectivity index (χ2v) is 4.37. The number of nitrogens with one attached hydrogen (secondary N) is 1. The monoisotopic (exact) mass is 293 g/mol. The molecule has 2 rings (SSSR count). The zero-order valence-electron chi connectivity index (χ0n) is 11.6. The van der Waals surface area contributed by atoms with E-state index in [0.29, 0.717) is 6.61 Å². The standard InChI is InChI=1S/C14H16FN3O3/c1-2-7-20-9-12-17-13(18-21-12)14(19)16-8-10-3-5-11(15)6-4-10/h3-6H,2,7-9H2,1H3,(H,16,19). The van der Waals surface area contributed by atoms with Gasteiger partial charge in [0.05, 0.1) is 0 Å². The lowest BCUT2D eigenvalue weighted by Crippen LogP contribution is -2.24. The van der Waals surface area contributed by atoms with Gasteiger partial charge in [-0.05, 0) is 24.1 Å². The van der Waals surface area contributed by atoms with Gasteiger partial charge in [0.15, 0.2) is 0 Å². The maximum atomic E-state index is 12.7. The Balaban J connectivity index is 1.84. The topological polar surface area (TPSA) is 77.2 Å². The minimum absolute atomic E-state index is 0.0489. The third-order valence-corrected chi connectivity index (χ3v) is 2.61. The number of hydrogen-bond donors (Lipinski definition) is 1. The molecule has 1 heterocycles. The number of carbonyl (C=O) groups excluding carboxylic acids is 1. The first-order valence-electron chi connectivity index (χ1n) is 6.62. The van der Waals surface area contributed by atoms with Gasteiger partial charge in [-0.3, -0.25) is 4.79 Å². The lowest BCUT2D eigenvalue weighted by molar-refractivity contribution is 0.0935. The van der Waals surface area contributed by atoms with Gasteiger partial charge in [-0.15, -0.1) is 0 Å². The van der Waals surface area contributed by atoms with Crippen molar-refractivity contribution < 1.29 is 18.4 Å². The van der Waals surface area contributed by atoms with Crippen LogP contribution >= 0.6 is 0 Å². The van der Waals surface area contributed by atoms with Crippen LogP contribution in [0.2, 0.25) is 0 Å². The predicted molar refractivity (Wildman–Crippen MR) is 71.8 cm³/mol. The molecule has 6 nitrogen and oxygen atoms in total. The predicted octanol–water partition coefficient (Wildman–Crippen LogP) is 2.07. The molecule has 0 aliphatic heterocycles. The third kappa shape index (κ3) is 4.64. The van der Waals surface area contributed by atoms with E-state index in [4.69, 9.17) is 9.26 Å². The summed E-state index contributed by atoms with van der Waals surface area (Å²) in [6.07, 6.45) is 0.888. The summed E-state index contributed by atoms with van der Waals surface area (Å²) in [5.74, 6) is -0.563. The van der Waals surface area contributed by atoms with Gasteiger partial charge in [-0.25, -0.2) is 4.39 Å². The van der Waals surface area contributed by atoms with Crippen molar-refractivity contribution >= 4 is 5.91 Å². The van der Waals surface area contributed by atoms with Crippen LogP contribution in [-0.4, -0.2) is 22.7 Å². The number of benzene rings is 1. The van der Waals surface area contributed by atoms with Crippen molar-refractivity contribution in [1.29, 1.82) is 0 Å². The van der Waals surface area contributed by atoms with Crippen molar-refractivity contribution in [3.63, 3.8) is 0 Å². The van der Waals surface area contributed by atoms with E-state index >= 15 is 0 Å². The fraction of sp³-hybridized carbons (Fsp3) is 0.357. The van der Waals surface area contributed by atoms with Crippen LogP contribution in [-0.2, 0) is 17.9 Å². The highest BCUT2D eigenvalue weighted by Gasteiger charge is 2.14. The number of aromatic nitrogens is 2. The Bertz CT molecular complexity index is 583. The van der Waals surface area contributed by atoms with Gasteiger partial charge in [0.1, 0.15) is 12.4 Å². The summed E-state index contributed by atoms with van der Waals surface area (Å²) < 4.78 is 22.9. The lowest BCUT2D eigenvalue weighted by Gasteiger charge is -2.02. The van der Waals surface area contributed by atoms with Gasteiger partial charge in [0, 0.05) is 13.2 Å². The van der Waals surface area contributed by atoms with Crippen LogP contribution in [0.4, 0.5) is 4.39 Å². The molecule has 1 aromatic carbocycles. The fourth-order valence-corrected chi connectivity index (χ4v) is 1.57. The van der Waals surface area contributed by atoms with E-state index < -0.39 is 5.91 Å². The number of hydrogen-bond acceptors (Lipinski definition) is 5.